The first-order chi connectivity index (χ1) is 9.06. The van der Waals surface area contributed by atoms with Crippen molar-refractivity contribution in [3.8, 4) is 0 Å². The fraction of sp³-hybridized carbons (Fsp3) is 0.667. The van der Waals surface area contributed by atoms with Crippen molar-refractivity contribution < 1.29 is 5.11 Å². The predicted octanol–water partition coefficient (Wildman–Crippen LogP) is 3.91. The van der Waals surface area contributed by atoms with Crippen molar-refractivity contribution in [1.29, 1.82) is 0 Å². The van der Waals surface area contributed by atoms with Gasteiger partial charge in [0.15, 0.2) is 0 Å². The van der Waals surface area contributed by atoms with Gasteiger partial charge in [0.1, 0.15) is 0 Å². The molecular formula is C18H26O. The van der Waals surface area contributed by atoms with Gasteiger partial charge in [0.05, 0.1) is 6.10 Å². The predicted molar refractivity (Wildman–Crippen MR) is 79.3 cm³/mol. The van der Waals surface area contributed by atoms with Crippen LogP contribution >= 0.6 is 0 Å². The van der Waals surface area contributed by atoms with Crippen LogP contribution in [0, 0.1) is 11.3 Å². The first-order valence-electron chi connectivity index (χ1n) is 7.85. The number of hydrogen-bond acceptors (Lipinski definition) is 1. The zero-order valence-electron chi connectivity index (χ0n) is 12.3. The molecule has 1 aromatic carbocycles. The number of hydrogen-bond donors (Lipinski definition) is 1. The largest absolute Gasteiger partial charge is 0.392 e. The third-order valence-electron chi connectivity index (χ3n) is 5.41. The van der Waals surface area contributed by atoms with Crippen molar-refractivity contribution in [3.63, 3.8) is 0 Å². The van der Waals surface area contributed by atoms with Crippen molar-refractivity contribution in [1.82, 2.24) is 0 Å². The summed E-state index contributed by atoms with van der Waals surface area (Å²) in [4.78, 5) is 0. The van der Waals surface area contributed by atoms with Crippen molar-refractivity contribution in [2.24, 2.45) is 11.3 Å². The molecule has 2 atom stereocenters. The fourth-order valence-electron chi connectivity index (χ4n) is 4.20. The Hall–Kier alpha value is -0.820. The summed E-state index contributed by atoms with van der Waals surface area (Å²) in [6.45, 7) is 4.63. The zero-order chi connectivity index (χ0) is 13.5. The van der Waals surface area contributed by atoms with Crippen LogP contribution in [0.1, 0.15) is 56.2 Å². The van der Waals surface area contributed by atoms with E-state index in [0.29, 0.717) is 11.3 Å². The van der Waals surface area contributed by atoms with Gasteiger partial charge < -0.3 is 5.11 Å². The van der Waals surface area contributed by atoms with E-state index in [1.54, 1.807) is 0 Å². The molecular weight excluding hydrogens is 232 g/mol. The number of aryl methyl sites for hydroxylation is 2. The van der Waals surface area contributed by atoms with Crippen molar-refractivity contribution in [2.45, 2.75) is 64.9 Å². The van der Waals surface area contributed by atoms with Gasteiger partial charge >= 0.3 is 0 Å². The second kappa shape index (κ2) is 4.94. The van der Waals surface area contributed by atoms with Crippen molar-refractivity contribution in [2.75, 3.05) is 0 Å². The third-order valence-corrected chi connectivity index (χ3v) is 5.41. The second-order valence-electron chi connectivity index (χ2n) is 7.22. The lowest BCUT2D eigenvalue weighted by Crippen LogP contribution is -2.31. The van der Waals surface area contributed by atoms with E-state index in [0.717, 1.165) is 6.42 Å². The lowest BCUT2D eigenvalue weighted by molar-refractivity contribution is 0.0543. The SMILES string of the molecule is CC1(C)CCCC1C(O)Cc1ccc2c(c1)CCC2. The normalized spacial score (nSPS) is 26.4. The van der Waals surface area contributed by atoms with Crippen LogP contribution in [0.4, 0.5) is 0 Å². The van der Waals surface area contributed by atoms with Crippen molar-refractivity contribution >= 4 is 0 Å². The van der Waals surface area contributed by atoms with Gasteiger partial charge in [-0.25, -0.2) is 0 Å². The molecule has 2 aliphatic carbocycles. The summed E-state index contributed by atoms with van der Waals surface area (Å²) in [7, 11) is 0. The first kappa shape index (κ1) is 13.2. The Balaban J connectivity index is 1.71. The van der Waals surface area contributed by atoms with Crippen LogP contribution in [0.5, 0.6) is 0 Å². The minimum absolute atomic E-state index is 0.169. The van der Waals surface area contributed by atoms with Gasteiger partial charge in [0.25, 0.3) is 0 Å². The average molecular weight is 258 g/mol. The molecule has 0 spiro atoms. The Kier molecular flexibility index (Phi) is 3.42. The van der Waals surface area contributed by atoms with E-state index in [1.165, 1.54) is 55.2 Å². The Morgan fingerprint density at radius 1 is 1.21 bits per heavy atom. The molecule has 1 aromatic rings. The minimum atomic E-state index is -0.169. The molecule has 2 aliphatic rings. The lowest BCUT2D eigenvalue weighted by Gasteiger charge is -2.31. The van der Waals surface area contributed by atoms with Gasteiger partial charge in [-0.05, 0) is 66.5 Å². The third kappa shape index (κ3) is 2.58. The molecule has 0 aromatic heterocycles. The molecule has 0 radical (unpaired) electrons. The van der Waals surface area contributed by atoms with Crippen LogP contribution < -0.4 is 0 Å². The quantitative estimate of drug-likeness (QED) is 0.871. The highest BCUT2D eigenvalue weighted by atomic mass is 16.3. The molecule has 0 saturated heterocycles. The molecule has 1 heteroatoms. The highest BCUT2D eigenvalue weighted by Crippen LogP contribution is 2.45. The number of aliphatic hydroxyl groups is 1. The van der Waals surface area contributed by atoms with Crippen LogP contribution in [-0.2, 0) is 19.3 Å². The molecule has 1 fully saturated rings. The van der Waals surface area contributed by atoms with Gasteiger partial charge in [-0.15, -0.1) is 0 Å². The number of benzene rings is 1. The van der Waals surface area contributed by atoms with E-state index in [-0.39, 0.29) is 6.10 Å². The van der Waals surface area contributed by atoms with Crippen molar-refractivity contribution in [3.05, 3.63) is 34.9 Å². The average Bonchev–Trinajstić information content (AvgIpc) is 2.94. The summed E-state index contributed by atoms with van der Waals surface area (Å²) in [5.74, 6) is 0.473. The summed E-state index contributed by atoms with van der Waals surface area (Å²) < 4.78 is 0. The summed E-state index contributed by atoms with van der Waals surface area (Å²) in [5.41, 5.74) is 4.70. The zero-order valence-corrected chi connectivity index (χ0v) is 12.3. The van der Waals surface area contributed by atoms with Gasteiger partial charge in [0.2, 0.25) is 0 Å². The molecule has 1 N–H and O–H groups in total. The Morgan fingerprint density at radius 2 is 2.00 bits per heavy atom. The van der Waals surface area contributed by atoms with E-state index >= 15 is 0 Å². The van der Waals surface area contributed by atoms with Gasteiger partial charge in [0, 0.05) is 0 Å². The van der Waals surface area contributed by atoms with E-state index in [2.05, 4.69) is 32.0 Å². The maximum absolute atomic E-state index is 10.6. The molecule has 0 amide bonds. The van der Waals surface area contributed by atoms with E-state index in [1.807, 2.05) is 0 Å². The minimum Gasteiger partial charge on any atom is -0.392 e. The van der Waals surface area contributed by atoms with E-state index in [4.69, 9.17) is 0 Å². The second-order valence-corrected chi connectivity index (χ2v) is 7.22. The standard InChI is InChI=1S/C18H26O/c1-18(2)10-4-7-16(18)17(19)12-13-8-9-14-5-3-6-15(14)11-13/h8-9,11,16-17,19H,3-7,10,12H2,1-2H3. The van der Waals surface area contributed by atoms with Gasteiger partial charge in [-0.3, -0.25) is 0 Å². The lowest BCUT2D eigenvalue weighted by atomic mass is 9.77. The molecule has 1 saturated carbocycles. The van der Waals surface area contributed by atoms with Gasteiger partial charge in [-0.2, -0.15) is 0 Å². The maximum Gasteiger partial charge on any atom is 0.0613 e. The van der Waals surface area contributed by atoms with Crippen LogP contribution in [0.15, 0.2) is 18.2 Å². The highest BCUT2D eigenvalue weighted by Gasteiger charge is 2.38. The molecule has 1 nitrogen and oxygen atoms in total. The van der Waals surface area contributed by atoms with E-state index < -0.39 is 0 Å². The molecule has 104 valence electrons. The molecule has 19 heavy (non-hydrogen) atoms. The van der Waals surface area contributed by atoms with Crippen LogP contribution in [0.25, 0.3) is 0 Å². The van der Waals surface area contributed by atoms with Gasteiger partial charge in [-0.1, -0.05) is 38.5 Å². The Bertz CT molecular complexity index is 461. The van der Waals surface area contributed by atoms with Crippen LogP contribution in [0.3, 0.4) is 0 Å². The molecule has 0 bridgehead atoms. The maximum atomic E-state index is 10.6. The Labute approximate surface area is 117 Å². The number of rotatable bonds is 3. The van der Waals surface area contributed by atoms with E-state index in [9.17, 15) is 5.11 Å². The molecule has 2 unspecified atom stereocenters. The molecule has 3 rings (SSSR count). The molecule has 0 heterocycles. The van der Waals surface area contributed by atoms with Crippen LogP contribution in [0.2, 0.25) is 0 Å². The number of fused-ring (bicyclic) bond motifs is 1. The van der Waals surface area contributed by atoms with Crippen LogP contribution in [-0.4, -0.2) is 11.2 Å². The fourth-order valence-corrected chi connectivity index (χ4v) is 4.20. The highest BCUT2D eigenvalue weighted by molar-refractivity contribution is 5.35. The first-order valence-corrected chi connectivity index (χ1v) is 7.85. The summed E-state index contributed by atoms with van der Waals surface area (Å²) in [6.07, 6.45) is 8.18. The molecule has 0 aliphatic heterocycles. The Morgan fingerprint density at radius 3 is 2.74 bits per heavy atom. The summed E-state index contributed by atoms with van der Waals surface area (Å²) in [5, 5.41) is 10.6. The topological polar surface area (TPSA) is 20.2 Å². The summed E-state index contributed by atoms with van der Waals surface area (Å²) in [6, 6.07) is 6.85. The monoisotopic (exact) mass is 258 g/mol. The summed E-state index contributed by atoms with van der Waals surface area (Å²) >= 11 is 0. The smallest absolute Gasteiger partial charge is 0.0613 e. The number of aliphatic hydroxyl groups excluding tert-OH is 1.